The van der Waals surface area contributed by atoms with Gasteiger partial charge < -0.3 is 9.84 Å². The highest BCUT2D eigenvalue weighted by atomic mass is 16.5. The van der Waals surface area contributed by atoms with E-state index in [1.165, 1.54) is 12.4 Å². The van der Waals surface area contributed by atoms with Gasteiger partial charge in [-0.25, -0.2) is 9.97 Å². The highest BCUT2D eigenvalue weighted by Gasteiger charge is 2.10. The number of aromatic nitrogens is 5. The van der Waals surface area contributed by atoms with Gasteiger partial charge in [-0.3, -0.25) is 9.78 Å². The fourth-order valence-electron chi connectivity index (χ4n) is 1.99. The third-order valence-corrected chi connectivity index (χ3v) is 3.26. The molecule has 1 N–H and O–H groups in total. The molecule has 3 aromatic rings. The lowest BCUT2D eigenvalue weighted by Crippen LogP contribution is -2.26. The number of nitrogens with zero attached hydrogens (tertiary/aromatic N) is 5. The van der Waals surface area contributed by atoms with E-state index in [1.54, 1.807) is 6.20 Å². The summed E-state index contributed by atoms with van der Waals surface area (Å²) in [7, 11) is 0. The van der Waals surface area contributed by atoms with Crippen molar-refractivity contribution in [3.8, 4) is 11.5 Å². The second-order valence-electron chi connectivity index (χ2n) is 4.97. The summed E-state index contributed by atoms with van der Waals surface area (Å²) in [6.45, 7) is 2.34. The first-order valence-electron chi connectivity index (χ1n) is 7.59. The van der Waals surface area contributed by atoms with E-state index in [0.717, 1.165) is 6.42 Å². The Hall–Kier alpha value is -3.16. The Balaban J connectivity index is 1.55. The second kappa shape index (κ2) is 7.40. The van der Waals surface area contributed by atoms with Gasteiger partial charge in [0.05, 0.1) is 5.56 Å². The van der Waals surface area contributed by atoms with Gasteiger partial charge in [-0.1, -0.05) is 18.1 Å². The maximum atomic E-state index is 12.1. The SMILES string of the molecule is CCc1noc(CCNC(=O)c2cnc(-c3ccccn3)nc2)n1. The minimum absolute atomic E-state index is 0.252. The molecule has 1 amide bonds. The maximum Gasteiger partial charge on any atom is 0.254 e. The van der Waals surface area contributed by atoms with E-state index >= 15 is 0 Å². The Morgan fingerprint density at radius 2 is 2.04 bits per heavy atom. The molecule has 3 aromatic heterocycles. The molecular weight excluding hydrogens is 308 g/mol. The van der Waals surface area contributed by atoms with Gasteiger partial charge in [0, 0.05) is 38.0 Å². The van der Waals surface area contributed by atoms with Crippen molar-refractivity contribution in [2.24, 2.45) is 0 Å². The van der Waals surface area contributed by atoms with E-state index < -0.39 is 0 Å². The van der Waals surface area contributed by atoms with Gasteiger partial charge >= 0.3 is 0 Å². The Labute approximate surface area is 138 Å². The molecule has 3 heterocycles. The van der Waals surface area contributed by atoms with Crippen molar-refractivity contribution >= 4 is 5.91 Å². The number of nitrogens with one attached hydrogen (secondary N) is 1. The summed E-state index contributed by atoms with van der Waals surface area (Å²) in [6.07, 6.45) is 5.82. The highest BCUT2D eigenvalue weighted by molar-refractivity contribution is 5.93. The summed E-state index contributed by atoms with van der Waals surface area (Å²) in [5.74, 6) is 1.40. The molecule has 0 radical (unpaired) electrons. The summed E-state index contributed by atoms with van der Waals surface area (Å²) in [5, 5.41) is 6.58. The molecule has 8 heteroatoms. The van der Waals surface area contributed by atoms with Crippen LogP contribution in [0.1, 0.15) is 29.0 Å². The lowest BCUT2D eigenvalue weighted by molar-refractivity contribution is 0.0952. The largest absolute Gasteiger partial charge is 0.351 e. The molecule has 0 atom stereocenters. The van der Waals surface area contributed by atoms with Crippen molar-refractivity contribution in [1.29, 1.82) is 0 Å². The predicted molar refractivity (Wildman–Crippen MR) is 85.0 cm³/mol. The molecule has 0 saturated heterocycles. The Morgan fingerprint density at radius 1 is 1.21 bits per heavy atom. The lowest BCUT2D eigenvalue weighted by Gasteiger charge is -2.04. The summed E-state index contributed by atoms with van der Waals surface area (Å²) >= 11 is 0. The molecule has 24 heavy (non-hydrogen) atoms. The number of aryl methyl sites for hydroxylation is 1. The highest BCUT2D eigenvalue weighted by Crippen LogP contribution is 2.10. The first kappa shape index (κ1) is 15.7. The van der Waals surface area contributed by atoms with Gasteiger partial charge in [-0.2, -0.15) is 4.98 Å². The van der Waals surface area contributed by atoms with Crippen LogP contribution in [0.15, 0.2) is 41.3 Å². The van der Waals surface area contributed by atoms with Crippen molar-refractivity contribution in [2.75, 3.05) is 6.54 Å². The maximum absolute atomic E-state index is 12.1. The van der Waals surface area contributed by atoms with Crippen LogP contribution in [0, 0.1) is 0 Å². The van der Waals surface area contributed by atoms with Crippen LogP contribution in [0.5, 0.6) is 0 Å². The van der Waals surface area contributed by atoms with Crippen LogP contribution in [0.3, 0.4) is 0 Å². The molecule has 0 aliphatic rings. The molecule has 0 aliphatic heterocycles. The average molecular weight is 324 g/mol. The molecule has 3 rings (SSSR count). The zero-order chi connectivity index (χ0) is 16.8. The van der Waals surface area contributed by atoms with Crippen molar-refractivity contribution < 1.29 is 9.32 Å². The van der Waals surface area contributed by atoms with Crippen molar-refractivity contribution in [3.63, 3.8) is 0 Å². The monoisotopic (exact) mass is 324 g/mol. The summed E-state index contributed by atoms with van der Waals surface area (Å²) in [5.41, 5.74) is 1.04. The van der Waals surface area contributed by atoms with Gasteiger partial charge in [0.25, 0.3) is 5.91 Å². The molecule has 0 aromatic carbocycles. The molecule has 0 aliphatic carbocycles. The Kier molecular flexibility index (Phi) is 4.85. The van der Waals surface area contributed by atoms with Gasteiger partial charge in [0.1, 0.15) is 5.69 Å². The molecule has 0 spiro atoms. The Bertz CT molecular complexity index is 801. The van der Waals surface area contributed by atoms with Crippen LogP contribution < -0.4 is 5.32 Å². The van der Waals surface area contributed by atoms with Gasteiger partial charge in [-0.05, 0) is 12.1 Å². The summed E-state index contributed by atoms with van der Waals surface area (Å²) < 4.78 is 5.06. The zero-order valence-corrected chi connectivity index (χ0v) is 13.1. The minimum atomic E-state index is -0.252. The third-order valence-electron chi connectivity index (χ3n) is 3.26. The van der Waals surface area contributed by atoms with Crippen LogP contribution >= 0.6 is 0 Å². The Morgan fingerprint density at radius 3 is 2.71 bits per heavy atom. The smallest absolute Gasteiger partial charge is 0.254 e. The van der Waals surface area contributed by atoms with Gasteiger partial charge in [-0.15, -0.1) is 0 Å². The topological polar surface area (TPSA) is 107 Å². The van der Waals surface area contributed by atoms with Crippen molar-refractivity contribution in [1.82, 2.24) is 30.4 Å². The average Bonchev–Trinajstić information content (AvgIpc) is 3.10. The number of carbonyl (C=O) groups is 1. The van der Waals surface area contributed by atoms with E-state index in [1.807, 2.05) is 25.1 Å². The van der Waals surface area contributed by atoms with Crippen LogP contribution in [0.25, 0.3) is 11.5 Å². The van der Waals surface area contributed by atoms with Crippen LogP contribution in [0.2, 0.25) is 0 Å². The fourth-order valence-corrected chi connectivity index (χ4v) is 1.99. The number of hydrogen-bond donors (Lipinski definition) is 1. The minimum Gasteiger partial charge on any atom is -0.351 e. The van der Waals surface area contributed by atoms with Gasteiger partial charge in [0.15, 0.2) is 11.6 Å². The third kappa shape index (κ3) is 3.78. The zero-order valence-electron chi connectivity index (χ0n) is 13.1. The standard InChI is InChI=1S/C16H16N6O2/c1-2-13-21-14(24-22-13)6-8-18-16(23)11-9-19-15(20-10-11)12-5-3-4-7-17-12/h3-5,7,9-10H,2,6,8H2,1H3,(H,18,23). The number of carbonyl (C=O) groups excluding carboxylic acids is 1. The molecule has 0 bridgehead atoms. The molecule has 0 saturated carbocycles. The molecule has 8 nitrogen and oxygen atoms in total. The van der Waals surface area contributed by atoms with Crippen LogP contribution in [-0.4, -0.2) is 37.5 Å². The van der Waals surface area contributed by atoms with Crippen molar-refractivity contribution in [3.05, 3.63) is 54.1 Å². The second-order valence-corrected chi connectivity index (χ2v) is 4.97. The van der Waals surface area contributed by atoms with Crippen molar-refractivity contribution in [2.45, 2.75) is 19.8 Å². The molecule has 0 unspecified atom stereocenters. The van der Waals surface area contributed by atoms with E-state index in [2.05, 4.69) is 30.4 Å². The molecule has 122 valence electrons. The van der Waals surface area contributed by atoms with E-state index in [4.69, 9.17) is 4.52 Å². The van der Waals surface area contributed by atoms with Crippen LogP contribution in [0.4, 0.5) is 0 Å². The lowest BCUT2D eigenvalue weighted by atomic mass is 10.3. The van der Waals surface area contributed by atoms with Crippen LogP contribution in [-0.2, 0) is 12.8 Å². The van der Waals surface area contributed by atoms with Gasteiger partial charge in [0.2, 0.25) is 5.89 Å². The first-order chi connectivity index (χ1) is 11.8. The quantitative estimate of drug-likeness (QED) is 0.731. The molecule has 0 fully saturated rings. The number of rotatable bonds is 6. The summed E-state index contributed by atoms with van der Waals surface area (Å²) in [4.78, 5) is 28.8. The number of amides is 1. The first-order valence-corrected chi connectivity index (χ1v) is 7.59. The van der Waals surface area contributed by atoms with E-state index in [9.17, 15) is 4.79 Å². The normalized spacial score (nSPS) is 10.5. The number of hydrogen-bond acceptors (Lipinski definition) is 7. The summed E-state index contributed by atoms with van der Waals surface area (Å²) in [6, 6.07) is 5.48. The van der Waals surface area contributed by atoms with E-state index in [-0.39, 0.29) is 5.91 Å². The predicted octanol–water partition coefficient (Wildman–Crippen LogP) is 1.46. The number of pyridine rings is 1. The van der Waals surface area contributed by atoms with E-state index in [0.29, 0.717) is 41.8 Å². The molecular formula is C16H16N6O2. The fraction of sp³-hybridized carbons (Fsp3) is 0.250.